The van der Waals surface area contributed by atoms with Crippen LogP contribution in [0.3, 0.4) is 0 Å². The summed E-state index contributed by atoms with van der Waals surface area (Å²) in [5.41, 5.74) is 2.34. The molecule has 0 bridgehead atoms. The van der Waals surface area contributed by atoms with Crippen molar-refractivity contribution in [1.82, 2.24) is 4.98 Å². The topological polar surface area (TPSA) is 68.1 Å². The average Bonchev–Trinajstić information content (AvgIpc) is 2.94. The molecule has 3 rings (SSSR count). The second-order valence-corrected chi connectivity index (χ2v) is 6.36. The van der Waals surface area contributed by atoms with Crippen LogP contribution in [0.2, 0.25) is 10.0 Å². The van der Waals surface area contributed by atoms with Crippen molar-refractivity contribution < 1.29 is 4.92 Å². The van der Waals surface area contributed by atoms with Gasteiger partial charge in [-0.1, -0.05) is 23.2 Å². The van der Waals surface area contributed by atoms with Crippen molar-refractivity contribution >= 4 is 51.0 Å². The summed E-state index contributed by atoms with van der Waals surface area (Å²) >= 11 is 13.3. The van der Waals surface area contributed by atoms with E-state index in [-0.39, 0.29) is 5.69 Å². The second-order valence-electron chi connectivity index (χ2n) is 4.63. The fraction of sp³-hybridized carbons (Fsp3) is 0. The van der Waals surface area contributed by atoms with Gasteiger partial charge in [-0.2, -0.15) is 0 Å². The van der Waals surface area contributed by atoms with Crippen LogP contribution in [-0.2, 0) is 0 Å². The molecule has 1 heterocycles. The van der Waals surface area contributed by atoms with E-state index in [4.69, 9.17) is 23.2 Å². The first-order chi connectivity index (χ1) is 11.0. The van der Waals surface area contributed by atoms with E-state index in [2.05, 4.69) is 10.3 Å². The number of nitrogens with zero attached hydrogens (tertiary/aromatic N) is 2. The van der Waals surface area contributed by atoms with Gasteiger partial charge in [0.1, 0.15) is 0 Å². The smallest absolute Gasteiger partial charge is 0.269 e. The van der Waals surface area contributed by atoms with Gasteiger partial charge in [-0.15, -0.1) is 11.3 Å². The van der Waals surface area contributed by atoms with E-state index in [1.165, 1.54) is 23.5 Å². The lowest BCUT2D eigenvalue weighted by atomic mass is 10.1. The van der Waals surface area contributed by atoms with Crippen LogP contribution in [0.25, 0.3) is 11.3 Å². The maximum absolute atomic E-state index is 10.7. The van der Waals surface area contributed by atoms with Crippen LogP contribution in [0.15, 0.2) is 47.8 Å². The van der Waals surface area contributed by atoms with Crippen molar-refractivity contribution in [3.8, 4) is 11.3 Å². The highest BCUT2D eigenvalue weighted by molar-refractivity contribution is 7.14. The Balaban J connectivity index is 1.81. The van der Waals surface area contributed by atoms with E-state index in [0.717, 1.165) is 16.9 Å². The Morgan fingerprint density at radius 2 is 1.74 bits per heavy atom. The van der Waals surface area contributed by atoms with Crippen LogP contribution in [0.1, 0.15) is 0 Å². The number of nitro benzene ring substituents is 1. The normalized spacial score (nSPS) is 10.5. The minimum Gasteiger partial charge on any atom is -0.331 e. The predicted octanol–water partition coefficient (Wildman–Crippen LogP) is 5.77. The Morgan fingerprint density at radius 3 is 2.35 bits per heavy atom. The lowest BCUT2D eigenvalue weighted by Gasteiger charge is -2.03. The Hall–Kier alpha value is -2.15. The molecule has 23 heavy (non-hydrogen) atoms. The maximum atomic E-state index is 10.7. The molecule has 1 N–H and O–H groups in total. The molecule has 0 unspecified atom stereocenters. The zero-order valence-corrected chi connectivity index (χ0v) is 13.8. The first-order valence-corrected chi connectivity index (χ1v) is 8.08. The summed E-state index contributed by atoms with van der Waals surface area (Å²) in [7, 11) is 0. The molecule has 8 heteroatoms. The van der Waals surface area contributed by atoms with Crippen LogP contribution in [0.5, 0.6) is 0 Å². The number of halogens is 2. The quantitative estimate of drug-likeness (QED) is 0.470. The van der Waals surface area contributed by atoms with Gasteiger partial charge in [0.15, 0.2) is 5.13 Å². The number of hydrogen-bond acceptors (Lipinski definition) is 5. The maximum Gasteiger partial charge on any atom is 0.269 e. The molecule has 0 atom stereocenters. The highest BCUT2D eigenvalue weighted by Gasteiger charge is 2.09. The number of hydrogen-bond donors (Lipinski definition) is 1. The van der Waals surface area contributed by atoms with E-state index in [9.17, 15) is 10.1 Å². The van der Waals surface area contributed by atoms with Crippen LogP contribution in [0.4, 0.5) is 16.5 Å². The van der Waals surface area contributed by atoms with E-state index < -0.39 is 4.92 Å². The van der Waals surface area contributed by atoms with Crippen LogP contribution in [0, 0.1) is 10.1 Å². The summed E-state index contributed by atoms with van der Waals surface area (Å²) in [5, 5.41) is 17.4. The SMILES string of the molecule is O=[N+]([O-])c1ccc(-c2csc(Nc3cc(Cl)cc(Cl)c3)n2)cc1. The summed E-state index contributed by atoms with van der Waals surface area (Å²) < 4.78 is 0. The number of non-ortho nitro benzene ring substituents is 1. The third-order valence-electron chi connectivity index (χ3n) is 2.99. The Morgan fingerprint density at radius 1 is 1.09 bits per heavy atom. The van der Waals surface area contributed by atoms with Crippen molar-refractivity contribution in [3.63, 3.8) is 0 Å². The molecule has 1 aromatic heterocycles. The van der Waals surface area contributed by atoms with Gasteiger partial charge in [-0.05, 0) is 30.3 Å². The molecular weight excluding hydrogens is 357 g/mol. The fourth-order valence-corrected chi connectivity index (χ4v) is 3.23. The molecule has 0 radical (unpaired) electrons. The van der Waals surface area contributed by atoms with E-state index in [0.29, 0.717) is 15.2 Å². The van der Waals surface area contributed by atoms with Gasteiger partial charge in [-0.25, -0.2) is 4.98 Å². The largest absolute Gasteiger partial charge is 0.331 e. The average molecular weight is 366 g/mol. The van der Waals surface area contributed by atoms with Crippen molar-refractivity contribution in [1.29, 1.82) is 0 Å². The molecular formula is C15H9Cl2N3O2S. The third kappa shape index (κ3) is 3.79. The summed E-state index contributed by atoms with van der Waals surface area (Å²) in [6.45, 7) is 0. The van der Waals surface area contributed by atoms with Gasteiger partial charge in [0, 0.05) is 38.8 Å². The Bertz CT molecular complexity index is 845. The molecule has 0 saturated carbocycles. The zero-order chi connectivity index (χ0) is 16.4. The summed E-state index contributed by atoms with van der Waals surface area (Å²) in [5.74, 6) is 0. The highest BCUT2D eigenvalue weighted by atomic mass is 35.5. The molecule has 3 aromatic rings. The minimum absolute atomic E-state index is 0.0518. The highest BCUT2D eigenvalue weighted by Crippen LogP contribution is 2.30. The summed E-state index contributed by atoms with van der Waals surface area (Å²) in [6.07, 6.45) is 0. The molecule has 0 saturated heterocycles. The summed E-state index contributed by atoms with van der Waals surface area (Å²) in [4.78, 5) is 14.7. The van der Waals surface area contributed by atoms with Gasteiger partial charge in [0.2, 0.25) is 0 Å². The number of nitrogens with one attached hydrogen (secondary N) is 1. The van der Waals surface area contributed by atoms with Crippen molar-refractivity contribution in [2.24, 2.45) is 0 Å². The fourth-order valence-electron chi connectivity index (χ4n) is 1.97. The third-order valence-corrected chi connectivity index (χ3v) is 4.19. The van der Waals surface area contributed by atoms with Gasteiger partial charge >= 0.3 is 0 Å². The number of anilines is 2. The van der Waals surface area contributed by atoms with Crippen LogP contribution >= 0.6 is 34.5 Å². The molecule has 0 aliphatic carbocycles. The first kappa shape index (κ1) is 15.7. The lowest BCUT2D eigenvalue weighted by molar-refractivity contribution is -0.384. The van der Waals surface area contributed by atoms with E-state index in [1.54, 1.807) is 30.3 Å². The van der Waals surface area contributed by atoms with Gasteiger partial charge < -0.3 is 5.32 Å². The number of rotatable bonds is 4. The molecule has 0 aliphatic rings. The van der Waals surface area contributed by atoms with Gasteiger partial charge in [-0.3, -0.25) is 10.1 Å². The predicted molar refractivity (Wildman–Crippen MR) is 93.9 cm³/mol. The van der Waals surface area contributed by atoms with Crippen molar-refractivity contribution in [2.75, 3.05) is 5.32 Å². The molecule has 0 amide bonds. The molecule has 116 valence electrons. The zero-order valence-electron chi connectivity index (χ0n) is 11.5. The molecule has 0 aliphatic heterocycles. The van der Waals surface area contributed by atoms with Crippen LogP contribution in [-0.4, -0.2) is 9.91 Å². The number of aromatic nitrogens is 1. The van der Waals surface area contributed by atoms with Crippen molar-refractivity contribution in [2.45, 2.75) is 0 Å². The molecule has 0 fully saturated rings. The summed E-state index contributed by atoms with van der Waals surface area (Å²) in [6, 6.07) is 11.4. The number of thiazole rings is 1. The minimum atomic E-state index is -0.430. The Labute approximate surface area is 145 Å². The van der Waals surface area contributed by atoms with E-state index >= 15 is 0 Å². The van der Waals surface area contributed by atoms with Crippen LogP contribution < -0.4 is 5.32 Å². The van der Waals surface area contributed by atoms with Gasteiger partial charge in [0.25, 0.3) is 5.69 Å². The Kier molecular flexibility index (Phi) is 4.47. The molecule has 0 spiro atoms. The second kappa shape index (κ2) is 6.54. The van der Waals surface area contributed by atoms with Crippen molar-refractivity contribution in [3.05, 3.63) is 68.0 Å². The monoisotopic (exact) mass is 365 g/mol. The number of benzene rings is 2. The molecule has 2 aromatic carbocycles. The number of nitro groups is 1. The standard InChI is InChI=1S/C15H9Cl2N3O2S/c16-10-5-11(17)7-12(6-10)18-15-19-14(8-23-15)9-1-3-13(4-2-9)20(21)22/h1-8H,(H,18,19). The van der Waals surface area contributed by atoms with Gasteiger partial charge in [0.05, 0.1) is 10.6 Å². The van der Waals surface area contributed by atoms with E-state index in [1.807, 2.05) is 5.38 Å². The molecule has 5 nitrogen and oxygen atoms in total. The lowest BCUT2D eigenvalue weighted by Crippen LogP contribution is -1.90. The first-order valence-electron chi connectivity index (χ1n) is 6.45.